The summed E-state index contributed by atoms with van der Waals surface area (Å²) >= 11 is 0. The van der Waals surface area contributed by atoms with Crippen LogP contribution in [0.25, 0.3) is 0 Å². The van der Waals surface area contributed by atoms with Crippen molar-refractivity contribution in [1.82, 2.24) is 4.90 Å². The molecule has 0 heterocycles. The minimum absolute atomic E-state index is 0.199. The summed E-state index contributed by atoms with van der Waals surface area (Å²) in [6.45, 7) is 1.86. The van der Waals surface area contributed by atoms with Crippen molar-refractivity contribution in [3.05, 3.63) is 0 Å². The lowest BCUT2D eigenvalue weighted by molar-refractivity contribution is -0.166. The SMILES string of the molecule is CC(C1CC1)N(CC(F)(F)F)C(=O)[C@H](C)N. The number of hydrogen-bond donors (Lipinski definition) is 1. The molecule has 0 radical (unpaired) electrons. The first-order chi connectivity index (χ1) is 7.22. The maximum Gasteiger partial charge on any atom is 0.406 e. The zero-order valence-electron chi connectivity index (χ0n) is 9.42. The molecule has 0 aliphatic heterocycles. The predicted octanol–water partition coefficient (Wildman–Crippen LogP) is 1.52. The van der Waals surface area contributed by atoms with Gasteiger partial charge >= 0.3 is 6.18 Å². The normalized spacial score (nSPS) is 20.4. The van der Waals surface area contributed by atoms with Gasteiger partial charge < -0.3 is 10.6 Å². The van der Waals surface area contributed by atoms with Gasteiger partial charge in [0.2, 0.25) is 5.91 Å². The van der Waals surface area contributed by atoms with Crippen LogP contribution in [-0.2, 0) is 4.79 Å². The van der Waals surface area contributed by atoms with E-state index in [0.717, 1.165) is 17.7 Å². The van der Waals surface area contributed by atoms with Crippen molar-refractivity contribution >= 4 is 5.91 Å². The summed E-state index contributed by atoms with van der Waals surface area (Å²) in [6.07, 6.45) is -2.59. The Labute approximate surface area is 92.8 Å². The van der Waals surface area contributed by atoms with Crippen LogP contribution in [0.15, 0.2) is 0 Å². The predicted molar refractivity (Wildman–Crippen MR) is 53.6 cm³/mol. The van der Waals surface area contributed by atoms with Crippen LogP contribution >= 0.6 is 0 Å². The summed E-state index contributed by atoms with van der Waals surface area (Å²) in [4.78, 5) is 12.5. The number of halogens is 3. The third-order valence-electron chi connectivity index (χ3n) is 2.82. The van der Waals surface area contributed by atoms with Crippen molar-refractivity contribution in [3.8, 4) is 0 Å². The van der Waals surface area contributed by atoms with Gasteiger partial charge in [-0.25, -0.2) is 0 Å². The number of alkyl halides is 3. The lowest BCUT2D eigenvalue weighted by Gasteiger charge is -2.31. The van der Waals surface area contributed by atoms with Crippen LogP contribution < -0.4 is 5.73 Å². The summed E-state index contributed by atoms with van der Waals surface area (Å²) in [7, 11) is 0. The monoisotopic (exact) mass is 238 g/mol. The molecule has 1 saturated carbocycles. The van der Waals surface area contributed by atoms with Crippen LogP contribution in [0.5, 0.6) is 0 Å². The Bertz CT molecular complexity index is 261. The number of carbonyl (C=O) groups is 1. The highest BCUT2D eigenvalue weighted by Crippen LogP contribution is 2.36. The molecule has 1 amide bonds. The van der Waals surface area contributed by atoms with E-state index in [9.17, 15) is 18.0 Å². The number of rotatable bonds is 4. The Balaban J connectivity index is 2.71. The molecule has 94 valence electrons. The molecule has 0 saturated heterocycles. The molecule has 16 heavy (non-hydrogen) atoms. The lowest BCUT2D eigenvalue weighted by Crippen LogP contribution is -2.50. The fourth-order valence-corrected chi connectivity index (χ4v) is 1.71. The van der Waals surface area contributed by atoms with E-state index in [0.29, 0.717) is 0 Å². The molecule has 0 aromatic carbocycles. The molecule has 0 bridgehead atoms. The van der Waals surface area contributed by atoms with E-state index < -0.39 is 24.7 Å². The van der Waals surface area contributed by atoms with Gasteiger partial charge in [0.1, 0.15) is 6.54 Å². The Hall–Kier alpha value is -0.780. The summed E-state index contributed by atoms with van der Waals surface area (Å²) in [5, 5.41) is 0. The third-order valence-corrected chi connectivity index (χ3v) is 2.82. The van der Waals surface area contributed by atoms with E-state index in [-0.39, 0.29) is 12.0 Å². The average molecular weight is 238 g/mol. The van der Waals surface area contributed by atoms with Gasteiger partial charge in [0.05, 0.1) is 6.04 Å². The number of hydrogen-bond acceptors (Lipinski definition) is 2. The molecule has 1 unspecified atom stereocenters. The van der Waals surface area contributed by atoms with Gasteiger partial charge in [0.25, 0.3) is 0 Å². The number of nitrogens with two attached hydrogens (primary N) is 1. The average Bonchev–Trinajstić information content (AvgIpc) is 2.93. The summed E-state index contributed by atoms with van der Waals surface area (Å²) in [6, 6.07) is -1.26. The van der Waals surface area contributed by atoms with Gasteiger partial charge in [0.15, 0.2) is 0 Å². The highest BCUT2D eigenvalue weighted by atomic mass is 19.4. The number of nitrogens with zero attached hydrogens (tertiary/aromatic N) is 1. The van der Waals surface area contributed by atoms with Crippen LogP contribution in [0.3, 0.4) is 0 Å². The lowest BCUT2D eigenvalue weighted by atomic mass is 10.1. The van der Waals surface area contributed by atoms with Crippen molar-refractivity contribution in [1.29, 1.82) is 0 Å². The fraction of sp³-hybridized carbons (Fsp3) is 0.900. The van der Waals surface area contributed by atoms with Gasteiger partial charge in [-0.3, -0.25) is 4.79 Å². The largest absolute Gasteiger partial charge is 0.406 e. The highest BCUT2D eigenvalue weighted by Gasteiger charge is 2.40. The molecule has 0 aromatic heterocycles. The second-order valence-electron chi connectivity index (χ2n) is 4.45. The molecule has 1 fully saturated rings. The quantitative estimate of drug-likeness (QED) is 0.807. The van der Waals surface area contributed by atoms with Crippen molar-refractivity contribution < 1.29 is 18.0 Å². The zero-order valence-corrected chi connectivity index (χ0v) is 9.42. The fourth-order valence-electron chi connectivity index (χ4n) is 1.71. The molecule has 1 rings (SSSR count). The molecule has 6 heteroatoms. The first-order valence-corrected chi connectivity index (χ1v) is 5.35. The second kappa shape index (κ2) is 4.61. The summed E-state index contributed by atoms with van der Waals surface area (Å²) in [5.41, 5.74) is 5.36. The van der Waals surface area contributed by atoms with E-state index in [1.165, 1.54) is 6.92 Å². The highest BCUT2D eigenvalue weighted by molar-refractivity contribution is 5.81. The Kier molecular flexibility index (Phi) is 3.83. The molecule has 0 spiro atoms. The van der Waals surface area contributed by atoms with Crippen LogP contribution in [0.4, 0.5) is 13.2 Å². The summed E-state index contributed by atoms with van der Waals surface area (Å²) < 4.78 is 37.0. The van der Waals surface area contributed by atoms with Gasteiger partial charge in [-0.05, 0) is 32.6 Å². The first-order valence-electron chi connectivity index (χ1n) is 5.35. The van der Waals surface area contributed by atoms with Gasteiger partial charge in [-0.2, -0.15) is 13.2 Å². The van der Waals surface area contributed by atoms with Crippen LogP contribution in [-0.4, -0.2) is 35.6 Å². The van der Waals surface area contributed by atoms with Gasteiger partial charge in [-0.1, -0.05) is 0 Å². The van der Waals surface area contributed by atoms with Crippen molar-refractivity contribution in [2.75, 3.05) is 6.54 Å². The Morgan fingerprint density at radius 2 is 1.94 bits per heavy atom. The van der Waals surface area contributed by atoms with Crippen molar-refractivity contribution in [2.45, 2.75) is 44.9 Å². The molecular weight excluding hydrogens is 221 g/mol. The topological polar surface area (TPSA) is 46.3 Å². The Morgan fingerprint density at radius 1 is 1.44 bits per heavy atom. The molecular formula is C10H17F3N2O. The minimum Gasteiger partial charge on any atom is -0.329 e. The molecule has 2 N–H and O–H groups in total. The molecule has 1 aliphatic carbocycles. The number of amides is 1. The molecule has 0 aromatic rings. The van der Waals surface area contributed by atoms with E-state index >= 15 is 0 Å². The first kappa shape index (κ1) is 13.3. The molecule has 3 nitrogen and oxygen atoms in total. The van der Waals surface area contributed by atoms with Crippen molar-refractivity contribution in [3.63, 3.8) is 0 Å². The summed E-state index contributed by atoms with van der Waals surface area (Å²) in [5.74, 6) is -0.429. The molecule has 1 aliphatic rings. The Morgan fingerprint density at radius 3 is 2.25 bits per heavy atom. The van der Waals surface area contributed by atoms with Crippen LogP contribution in [0.2, 0.25) is 0 Å². The van der Waals surface area contributed by atoms with Gasteiger partial charge in [-0.15, -0.1) is 0 Å². The van der Waals surface area contributed by atoms with E-state index in [1.807, 2.05) is 0 Å². The smallest absolute Gasteiger partial charge is 0.329 e. The zero-order chi connectivity index (χ0) is 12.5. The standard InChI is InChI=1S/C10H17F3N2O/c1-6(14)9(16)15(5-10(11,12)13)7(2)8-3-4-8/h6-8H,3-5,14H2,1-2H3/t6-,7?/m0/s1. The third kappa shape index (κ3) is 3.66. The van der Waals surface area contributed by atoms with E-state index in [4.69, 9.17) is 5.73 Å². The maximum atomic E-state index is 12.3. The minimum atomic E-state index is -4.37. The van der Waals surface area contributed by atoms with Crippen LogP contribution in [0, 0.1) is 5.92 Å². The van der Waals surface area contributed by atoms with Crippen molar-refractivity contribution in [2.24, 2.45) is 11.7 Å². The second-order valence-corrected chi connectivity index (χ2v) is 4.45. The van der Waals surface area contributed by atoms with Crippen LogP contribution in [0.1, 0.15) is 26.7 Å². The number of carbonyl (C=O) groups excluding carboxylic acids is 1. The maximum absolute atomic E-state index is 12.3. The van der Waals surface area contributed by atoms with E-state index in [1.54, 1.807) is 6.92 Å². The van der Waals surface area contributed by atoms with Gasteiger partial charge in [0, 0.05) is 6.04 Å². The van der Waals surface area contributed by atoms with E-state index in [2.05, 4.69) is 0 Å². The molecule has 2 atom stereocenters.